The van der Waals surface area contributed by atoms with Crippen LogP contribution in [0.1, 0.15) is 12.7 Å². The van der Waals surface area contributed by atoms with Crippen molar-refractivity contribution >= 4 is 22.4 Å². The summed E-state index contributed by atoms with van der Waals surface area (Å²) >= 11 is 1.28. The van der Waals surface area contributed by atoms with E-state index < -0.39 is 0 Å². The van der Waals surface area contributed by atoms with Crippen LogP contribution in [-0.4, -0.2) is 16.5 Å². The predicted octanol–water partition coefficient (Wildman–Crippen LogP) is 2.99. The topological polar surface area (TPSA) is 47.0 Å². The third kappa shape index (κ3) is 2.71. The number of benzene rings is 1. The maximum Gasteiger partial charge on any atom is 0.207 e. The molecular formula is C11H12FN3OS. The van der Waals surface area contributed by atoms with Gasteiger partial charge in [0.2, 0.25) is 5.13 Å². The van der Waals surface area contributed by atoms with Crippen molar-refractivity contribution in [1.29, 1.82) is 0 Å². The second kappa shape index (κ2) is 5.09. The Kier molecular flexibility index (Phi) is 3.53. The summed E-state index contributed by atoms with van der Waals surface area (Å²) in [4.78, 5) is 4.26. The Labute approximate surface area is 103 Å². The first-order chi connectivity index (χ1) is 8.22. The molecule has 0 aliphatic carbocycles. The number of anilines is 2. The van der Waals surface area contributed by atoms with Gasteiger partial charge in [-0.05, 0) is 12.1 Å². The number of aryl methyl sites for hydroxylation is 1. The third-order valence-corrected chi connectivity index (χ3v) is 2.86. The molecule has 17 heavy (non-hydrogen) atoms. The number of nitrogens with zero attached hydrogens (tertiary/aromatic N) is 2. The van der Waals surface area contributed by atoms with Gasteiger partial charge in [-0.1, -0.05) is 6.92 Å². The van der Waals surface area contributed by atoms with Crippen LogP contribution in [0.4, 0.5) is 15.2 Å². The van der Waals surface area contributed by atoms with Crippen molar-refractivity contribution in [3.05, 3.63) is 29.8 Å². The molecule has 2 aromatic rings. The average molecular weight is 253 g/mol. The molecule has 0 unspecified atom stereocenters. The van der Waals surface area contributed by atoms with Gasteiger partial charge in [0.05, 0.1) is 7.11 Å². The highest BCUT2D eigenvalue weighted by Gasteiger charge is 2.06. The molecule has 0 fully saturated rings. The van der Waals surface area contributed by atoms with Crippen LogP contribution in [0.5, 0.6) is 5.75 Å². The van der Waals surface area contributed by atoms with Crippen molar-refractivity contribution in [1.82, 2.24) is 9.36 Å². The average Bonchev–Trinajstić information content (AvgIpc) is 2.79. The smallest absolute Gasteiger partial charge is 0.207 e. The lowest BCUT2D eigenvalue weighted by atomic mass is 10.3. The maximum atomic E-state index is 13.2. The standard InChI is InChI=1S/C11H12FN3OS/c1-3-10-14-11(17-15-10)13-7-4-5-8(12)9(6-7)16-2/h4-6H,3H2,1-2H3,(H,13,14,15). The van der Waals surface area contributed by atoms with Crippen molar-refractivity contribution in [2.24, 2.45) is 0 Å². The molecular weight excluding hydrogens is 241 g/mol. The highest BCUT2D eigenvalue weighted by molar-refractivity contribution is 7.09. The van der Waals surface area contributed by atoms with Crippen LogP contribution in [-0.2, 0) is 6.42 Å². The zero-order chi connectivity index (χ0) is 12.3. The summed E-state index contributed by atoms with van der Waals surface area (Å²) in [7, 11) is 1.43. The van der Waals surface area contributed by atoms with E-state index in [2.05, 4.69) is 14.7 Å². The van der Waals surface area contributed by atoms with E-state index in [4.69, 9.17) is 4.74 Å². The zero-order valence-corrected chi connectivity index (χ0v) is 10.3. The minimum Gasteiger partial charge on any atom is -0.494 e. The molecule has 0 aliphatic heterocycles. The first-order valence-electron chi connectivity index (χ1n) is 5.16. The van der Waals surface area contributed by atoms with Gasteiger partial charge in [-0.25, -0.2) is 9.37 Å². The van der Waals surface area contributed by atoms with E-state index in [0.29, 0.717) is 5.13 Å². The molecule has 1 aromatic heterocycles. The SMILES string of the molecule is CCc1nsc(Nc2ccc(F)c(OC)c2)n1. The summed E-state index contributed by atoms with van der Waals surface area (Å²) in [6.07, 6.45) is 0.797. The molecule has 1 aromatic carbocycles. The number of halogens is 1. The molecule has 0 bridgehead atoms. The molecule has 1 heterocycles. The van der Waals surface area contributed by atoms with Gasteiger partial charge in [0.15, 0.2) is 11.6 Å². The normalized spacial score (nSPS) is 10.3. The van der Waals surface area contributed by atoms with Crippen molar-refractivity contribution in [3.8, 4) is 5.75 Å². The number of methoxy groups -OCH3 is 1. The molecule has 0 spiro atoms. The summed E-state index contributed by atoms with van der Waals surface area (Å²) in [5, 5.41) is 3.75. The highest BCUT2D eigenvalue weighted by atomic mass is 32.1. The molecule has 2 rings (SSSR count). The molecule has 0 saturated heterocycles. The van der Waals surface area contributed by atoms with Crippen molar-refractivity contribution < 1.29 is 9.13 Å². The van der Waals surface area contributed by atoms with Crippen LogP contribution in [0.3, 0.4) is 0 Å². The van der Waals surface area contributed by atoms with E-state index in [-0.39, 0.29) is 11.6 Å². The Bertz CT molecular complexity index is 515. The number of ether oxygens (including phenoxy) is 1. The summed E-state index contributed by atoms with van der Waals surface area (Å²) in [6, 6.07) is 4.57. The van der Waals surface area contributed by atoms with Crippen LogP contribution in [0.15, 0.2) is 18.2 Å². The lowest BCUT2D eigenvalue weighted by Crippen LogP contribution is -1.93. The fourth-order valence-electron chi connectivity index (χ4n) is 1.31. The number of hydrogen-bond donors (Lipinski definition) is 1. The summed E-state index contributed by atoms with van der Waals surface area (Å²) in [6.45, 7) is 1.99. The molecule has 6 heteroatoms. The number of rotatable bonds is 4. The van der Waals surface area contributed by atoms with Crippen LogP contribution in [0.25, 0.3) is 0 Å². The van der Waals surface area contributed by atoms with E-state index >= 15 is 0 Å². The van der Waals surface area contributed by atoms with Crippen molar-refractivity contribution in [2.75, 3.05) is 12.4 Å². The van der Waals surface area contributed by atoms with E-state index in [1.54, 1.807) is 12.1 Å². The summed E-state index contributed by atoms with van der Waals surface area (Å²) in [5.41, 5.74) is 0.724. The van der Waals surface area contributed by atoms with Crippen molar-refractivity contribution in [2.45, 2.75) is 13.3 Å². The second-order valence-electron chi connectivity index (χ2n) is 3.34. The van der Waals surface area contributed by atoms with Crippen molar-refractivity contribution in [3.63, 3.8) is 0 Å². The van der Waals surface area contributed by atoms with Gasteiger partial charge >= 0.3 is 0 Å². The Hall–Kier alpha value is -1.69. The monoisotopic (exact) mass is 253 g/mol. The minimum atomic E-state index is -0.385. The van der Waals surface area contributed by atoms with E-state index in [1.807, 2.05) is 6.92 Å². The Balaban J connectivity index is 2.18. The largest absolute Gasteiger partial charge is 0.494 e. The Morgan fingerprint density at radius 2 is 2.29 bits per heavy atom. The third-order valence-electron chi connectivity index (χ3n) is 2.19. The van der Waals surface area contributed by atoms with Crippen LogP contribution < -0.4 is 10.1 Å². The molecule has 0 amide bonds. The molecule has 0 aliphatic rings. The maximum absolute atomic E-state index is 13.2. The fourth-order valence-corrected chi connectivity index (χ4v) is 1.98. The minimum absolute atomic E-state index is 0.204. The predicted molar refractivity (Wildman–Crippen MR) is 65.5 cm³/mol. The van der Waals surface area contributed by atoms with Gasteiger partial charge in [-0.15, -0.1) is 0 Å². The van der Waals surface area contributed by atoms with E-state index in [1.165, 1.54) is 24.7 Å². The van der Waals surface area contributed by atoms with E-state index in [9.17, 15) is 4.39 Å². The number of nitrogens with one attached hydrogen (secondary N) is 1. The second-order valence-corrected chi connectivity index (χ2v) is 4.10. The molecule has 90 valence electrons. The lowest BCUT2D eigenvalue weighted by molar-refractivity contribution is 0.387. The van der Waals surface area contributed by atoms with Crippen LogP contribution >= 0.6 is 11.5 Å². The summed E-state index contributed by atoms with van der Waals surface area (Å²) < 4.78 is 22.2. The van der Waals surface area contributed by atoms with Gasteiger partial charge in [-0.3, -0.25) is 0 Å². The Morgan fingerprint density at radius 1 is 1.47 bits per heavy atom. The molecule has 0 saturated carbocycles. The van der Waals surface area contributed by atoms with Gasteiger partial charge in [0.25, 0.3) is 0 Å². The van der Waals surface area contributed by atoms with Crippen LogP contribution in [0, 0.1) is 5.82 Å². The van der Waals surface area contributed by atoms with Gasteiger partial charge < -0.3 is 10.1 Å². The highest BCUT2D eigenvalue weighted by Crippen LogP contribution is 2.25. The fraction of sp³-hybridized carbons (Fsp3) is 0.273. The van der Waals surface area contributed by atoms with Gasteiger partial charge in [0.1, 0.15) is 5.82 Å². The molecule has 1 N–H and O–H groups in total. The molecule has 4 nitrogen and oxygen atoms in total. The first kappa shape index (κ1) is 11.8. The molecule has 0 radical (unpaired) electrons. The number of aromatic nitrogens is 2. The summed E-state index contributed by atoms with van der Waals surface area (Å²) in [5.74, 6) is 0.617. The zero-order valence-electron chi connectivity index (χ0n) is 9.53. The Morgan fingerprint density at radius 3 is 2.94 bits per heavy atom. The van der Waals surface area contributed by atoms with Crippen LogP contribution in [0.2, 0.25) is 0 Å². The first-order valence-corrected chi connectivity index (χ1v) is 5.93. The lowest BCUT2D eigenvalue weighted by Gasteiger charge is -2.05. The number of hydrogen-bond acceptors (Lipinski definition) is 5. The van der Waals surface area contributed by atoms with Gasteiger partial charge in [-0.2, -0.15) is 4.37 Å². The van der Waals surface area contributed by atoms with E-state index in [0.717, 1.165) is 17.9 Å². The quantitative estimate of drug-likeness (QED) is 0.910. The molecule has 0 atom stereocenters. The van der Waals surface area contributed by atoms with Gasteiger partial charge in [0, 0.05) is 29.7 Å².